The summed E-state index contributed by atoms with van der Waals surface area (Å²) < 4.78 is 32.8. The molecule has 0 aromatic heterocycles. The Hall–Kier alpha value is -1.31. The first kappa shape index (κ1) is 18.7. The Morgan fingerprint density at radius 2 is 2.14 bits per heavy atom. The molecule has 0 radical (unpaired) electrons. The largest absolute Gasteiger partial charge is 0.598 e. The van der Waals surface area contributed by atoms with Crippen LogP contribution in [-0.2, 0) is 20.9 Å². The van der Waals surface area contributed by atoms with Crippen LogP contribution in [0.1, 0.15) is 45.7 Å². The molecule has 2 atom stereocenters. The van der Waals surface area contributed by atoms with Crippen LogP contribution in [0.2, 0.25) is 0 Å². The molecule has 0 bridgehead atoms. The van der Waals surface area contributed by atoms with Crippen molar-refractivity contribution in [2.75, 3.05) is 6.61 Å². The summed E-state index contributed by atoms with van der Waals surface area (Å²) in [4.78, 5) is 11.7. The van der Waals surface area contributed by atoms with Crippen LogP contribution in [0.5, 0.6) is 5.75 Å². The van der Waals surface area contributed by atoms with Crippen LogP contribution in [0, 0.1) is 5.82 Å². The van der Waals surface area contributed by atoms with Crippen molar-refractivity contribution in [1.82, 2.24) is 4.72 Å². The van der Waals surface area contributed by atoms with Crippen LogP contribution in [0.3, 0.4) is 0 Å². The van der Waals surface area contributed by atoms with Crippen LogP contribution in [0.15, 0.2) is 18.2 Å². The van der Waals surface area contributed by atoms with Crippen LogP contribution in [-0.4, -0.2) is 27.0 Å². The molecule has 1 unspecified atom stereocenters. The van der Waals surface area contributed by atoms with Gasteiger partial charge in [-0.05, 0) is 45.9 Å². The van der Waals surface area contributed by atoms with Crippen LogP contribution >= 0.6 is 0 Å². The molecule has 0 aliphatic heterocycles. The molecule has 2 N–H and O–H groups in total. The minimum atomic E-state index is -1.49. The van der Waals surface area contributed by atoms with Gasteiger partial charge in [0.1, 0.15) is 16.3 Å². The highest BCUT2D eigenvalue weighted by Gasteiger charge is 2.32. The third kappa shape index (κ3) is 5.47. The van der Waals surface area contributed by atoms with E-state index in [1.165, 1.54) is 6.07 Å². The monoisotopic (exact) mass is 331 g/mol. The first-order valence-electron chi connectivity index (χ1n) is 6.97. The van der Waals surface area contributed by atoms with Crippen molar-refractivity contribution in [3.8, 4) is 5.75 Å². The summed E-state index contributed by atoms with van der Waals surface area (Å²) in [6.45, 7) is 7.19. The van der Waals surface area contributed by atoms with E-state index in [1.807, 2.05) is 0 Å². The quantitative estimate of drug-likeness (QED) is 0.618. The normalized spacial score (nSPS) is 14.5. The number of benzene rings is 1. The lowest BCUT2D eigenvalue weighted by molar-refractivity contribution is -0.143. The molecule has 5 nitrogen and oxygen atoms in total. The van der Waals surface area contributed by atoms with Gasteiger partial charge in [-0.1, -0.05) is 0 Å². The van der Waals surface area contributed by atoms with Gasteiger partial charge in [-0.25, -0.2) is 4.39 Å². The molecule has 0 amide bonds. The number of carbonyl (C=O) groups is 1. The fraction of sp³-hybridized carbons (Fsp3) is 0.533. The molecule has 0 saturated heterocycles. The molecule has 1 aromatic carbocycles. The standard InChI is InChI=1S/C15H22FNO4S/c1-5-21-14(19)9-12(17-22(20)15(2,3)4)11-8-10(16)6-7-13(11)18/h6-8,12,17-18H,5,9H2,1-4H3/t12-,22?/m1/s1. The number of hydrogen-bond donors (Lipinski definition) is 2. The lowest BCUT2D eigenvalue weighted by atomic mass is 10.0. The molecule has 22 heavy (non-hydrogen) atoms. The first-order chi connectivity index (χ1) is 10.1. The Morgan fingerprint density at radius 3 is 2.68 bits per heavy atom. The summed E-state index contributed by atoms with van der Waals surface area (Å²) in [5, 5.41) is 9.91. The maximum Gasteiger partial charge on any atom is 0.307 e. The second-order valence-corrected chi connectivity index (χ2v) is 7.76. The number of carbonyl (C=O) groups excluding carboxylic acids is 1. The Balaban J connectivity index is 3.05. The number of esters is 1. The summed E-state index contributed by atoms with van der Waals surface area (Å²) in [5.74, 6) is -1.24. The van der Waals surface area contributed by atoms with Gasteiger partial charge in [0.15, 0.2) is 0 Å². The Morgan fingerprint density at radius 1 is 1.50 bits per heavy atom. The summed E-state index contributed by atoms with van der Waals surface area (Å²) in [7, 11) is 0. The lowest BCUT2D eigenvalue weighted by Gasteiger charge is -2.28. The SMILES string of the molecule is CCOC(=O)C[C@@H](N[S+]([O-])C(C)(C)C)c1cc(F)ccc1O. The second kappa shape index (κ2) is 7.80. The van der Waals surface area contributed by atoms with Crippen LogP contribution in [0.25, 0.3) is 0 Å². The van der Waals surface area contributed by atoms with E-state index in [-0.39, 0.29) is 24.3 Å². The van der Waals surface area contributed by atoms with E-state index in [4.69, 9.17) is 4.74 Å². The number of aromatic hydroxyl groups is 1. The number of rotatable bonds is 6. The summed E-state index contributed by atoms with van der Waals surface area (Å²) in [6, 6.07) is 2.62. The van der Waals surface area contributed by atoms with Crippen molar-refractivity contribution in [3.05, 3.63) is 29.6 Å². The third-order valence-electron chi connectivity index (χ3n) is 2.85. The molecule has 0 aliphatic rings. The minimum absolute atomic E-state index is 0.160. The van der Waals surface area contributed by atoms with E-state index in [2.05, 4.69) is 4.72 Å². The van der Waals surface area contributed by atoms with Crippen molar-refractivity contribution in [1.29, 1.82) is 0 Å². The molecular weight excluding hydrogens is 309 g/mol. The Kier molecular flexibility index (Phi) is 6.65. The second-order valence-electron chi connectivity index (χ2n) is 5.76. The van der Waals surface area contributed by atoms with Gasteiger partial charge in [0.05, 0.1) is 19.1 Å². The summed E-state index contributed by atoms with van der Waals surface area (Å²) in [6.07, 6.45) is -0.160. The average molecular weight is 331 g/mol. The maximum absolute atomic E-state index is 13.4. The van der Waals surface area contributed by atoms with Gasteiger partial charge in [-0.2, -0.15) is 0 Å². The van der Waals surface area contributed by atoms with E-state index in [9.17, 15) is 18.8 Å². The van der Waals surface area contributed by atoms with Gasteiger partial charge in [0, 0.05) is 16.9 Å². The molecule has 7 heteroatoms. The number of halogens is 1. The van der Waals surface area contributed by atoms with Gasteiger partial charge >= 0.3 is 5.97 Å². The molecule has 0 fully saturated rings. The predicted molar refractivity (Wildman–Crippen MR) is 83.1 cm³/mol. The highest BCUT2D eigenvalue weighted by atomic mass is 32.2. The topological polar surface area (TPSA) is 81.6 Å². The van der Waals surface area contributed by atoms with Crippen molar-refractivity contribution in [2.24, 2.45) is 0 Å². The number of phenols is 1. The number of nitrogens with one attached hydrogen (secondary N) is 1. The zero-order valence-corrected chi connectivity index (χ0v) is 14.0. The van der Waals surface area contributed by atoms with Crippen molar-refractivity contribution < 1.29 is 23.6 Å². The van der Waals surface area contributed by atoms with Gasteiger partial charge < -0.3 is 14.4 Å². The Labute approximate surface area is 133 Å². The van der Waals surface area contributed by atoms with Gasteiger partial charge in [0.2, 0.25) is 0 Å². The highest BCUT2D eigenvalue weighted by Crippen LogP contribution is 2.29. The van der Waals surface area contributed by atoms with Crippen molar-refractivity contribution >= 4 is 17.3 Å². The van der Waals surface area contributed by atoms with E-state index < -0.39 is 33.9 Å². The zero-order chi connectivity index (χ0) is 16.9. The van der Waals surface area contributed by atoms with Crippen LogP contribution < -0.4 is 4.72 Å². The fourth-order valence-corrected chi connectivity index (χ4v) is 2.53. The lowest BCUT2D eigenvalue weighted by Crippen LogP contribution is -2.42. The Bertz CT molecular complexity index is 519. The third-order valence-corrected chi connectivity index (χ3v) is 4.46. The molecule has 0 aliphatic carbocycles. The number of phenolic OH excluding ortho intramolecular Hbond substituents is 1. The smallest absolute Gasteiger partial charge is 0.307 e. The van der Waals surface area contributed by atoms with E-state index >= 15 is 0 Å². The van der Waals surface area contributed by atoms with E-state index in [1.54, 1.807) is 27.7 Å². The number of ether oxygens (including phenoxy) is 1. The molecule has 1 aromatic rings. The molecule has 0 spiro atoms. The number of hydrogen-bond acceptors (Lipinski definition) is 5. The van der Waals surface area contributed by atoms with E-state index in [0.717, 1.165) is 12.1 Å². The maximum atomic E-state index is 13.4. The predicted octanol–water partition coefficient (Wildman–Crippen LogP) is 2.58. The molecule has 124 valence electrons. The fourth-order valence-electron chi connectivity index (χ4n) is 1.71. The highest BCUT2D eigenvalue weighted by molar-refractivity contribution is 7.90. The van der Waals surface area contributed by atoms with Gasteiger partial charge in [-0.15, -0.1) is 4.72 Å². The van der Waals surface area contributed by atoms with Gasteiger partial charge in [0.25, 0.3) is 0 Å². The molecular formula is C15H22FNO4S. The van der Waals surface area contributed by atoms with Crippen molar-refractivity contribution in [3.63, 3.8) is 0 Å². The molecule has 1 rings (SSSR count). The first-order valence-corrected chi connectivity index (χ1v) is 8.12. The van der Waals surface area contributed by atoms with Gasteiger partial charge in [-0.3, -0.25) is 4.79 Å². The molecule has 0 heterocycles. The zero-order valence-electron chi connectivity index (χ0n) is 13.2. The summed E-state index contributed by atoms with van der Waals surface area (Å²) >= 11 is -1.49. The summed E-state index contributed by atoms with van der Waals surface area (Å²) in [5.41, 5.74) is 0.172. The van der Waals surface area contributed by atoms with Crippen LogP contribution in [0.4, 0.5) is 4.39 Å². The van der Waals surface area contributed by atoms with Crippen molar-refractivity contribution in [2.45, 2.75) is 44.9 Å². The van der Waals surface area contributed by atoms with E-state index in [0.29, 0.717) is 0 Å². The minimum Gasteiger partial charge on any atom is -0.598 e. The molecule has 0 saturated carbocycles. The average Bonchev–Trinajstić information content (AvgIpc) is 2.40.